The second-order valence-electron chi connectivity index (χ2n) is 14.9. The Labute approximate surface area is 304 Å². The van der Waals surface area contributed by atoms with Crippen molar-refractivity contribution in [3.05, 3.63) is 108 Å². The molecule has 0 bridgehead atoms. The van der Waals surface area contributed by atoms with E-state index in [0.717, 1.165) is 29.5 Å². The summed E-state index contributed by atoms with van der Waals surface area (Å²) in [5.41, 5.74) is 7.40. The van der Waals surface area contributed by atoms with Crippen molar-refractivity contribution in [1.29, 1.82) is 0 Å². The number of hydrogen-bond acceptors (Lipinski definition) is 7. The number of nitrogens with two attached hydrogens (primary N) is 1. The molecule has 1 saturated heterocycles. The number of carbonyl (C=O) groups excluding carboxylic acids is 4. The van der Waals surface area contributed by atoms with Gasteiger partial charge in [-0.15, -0.1) is 0 Å². The van der Waals surface area contributed by atoms with Crippen LogP contribution in [0.15, 0.2) is 91.0 Å². The van der Waals surface area contributed by atoms with Gasteiger partial charge in [0, 0.05) is 38.1 Å². The van der Waals surface area contributed by atoms with E-state index in [1.165, 1.54) is 0 Å². The summed E-state index contributed by atoms with van der Waals surface area (Å²) in [4.78, 5) is 63.7. The van der Waals surface area contributed by atoms with Gasteiger partial charge in [0.2, 0.25) is 11.8 Å². The molecule has 4 rings (SSSR count). The Kier molecular flexibility index (Phi) is 14.7. The fraction of sp³-hybridized carbons (Fsp3) is 0.476. The average molecular weight is 696 g/mol. The molecule has 1 fully saturated rings. The van der Waals surface area contributed by atoms with Crippen molar-refractivity contribution >= 4 is 23.4 Å². The van der Waals surface area contributed by atoms with Crippen molar-refractivity contribution < 1.29 is 19.2 Å². The predicted octanol–water partition coefficient (Wildman–Crippen LogP) is 5.47. The van der Waals surface area contributed by atoms with Crippen molar-refractivity contribution in [2.24, 2.45) is 5.73 Å². The van der Waals surface area contributed by atoms with E-state index >= 15 is 0 Å². The highest BCUT2D eigenvalue weighted by Gasteiger charge is 2.39. The third kappa shape index (κ3) is 11.9. The maximum atomic E-state index is 14.4. The van der Waals surface area contributed by atoms with E-state index in [1.54, 1.807) is 9.80 Å². The van der Waals surface area contributed by atoms with Crippen molar-refractivity contribution in [2.75, 3.05) is 39.3 Å². The zero-order valence-electron chi connectivity index (χ0n) is 31.1. The number of carbonyl (C=O) groups is 4. The first-order valence-corrected chi connectivity index (χ1v) is 18.3. The van der Waals surface area contributed by atoms with Crippen LogP contribution in [0.2, 0.25) is 0 Å². The molecular weight excluding hydrogens is 638 g/mol. The molecule has 0 aliphatic carbocycles. The minimum absolute atomic E-state index is 0.00612. The van der Waals surface area contributed by atoms with Gasteiger partial charge in [-0.1, -0.05) is 97.4 Å². The number of benzene rings is 3. The highest BCUT2D eigenvalue weighted by molar-refractivity contribution is 5.93. The fourth-order valence-electron chi connectivity index (χ4n) is 6.55. The van der Waals surface area contributed by atoms with Crippen LogP contribution in [-0.2, 0) is 38.8 Å². The smallest absolute Gasteiger partial charge is 0.237 e. The van der Waals surface area contributed by atoms with Gasteiger partial charge in [-0.05, 0) is 70.2 Å². The lowest BCUT2D eigenvalue weighted by atomic mass is 9.92. The summed E-state index contributed by atoms with van der Waals surface area (Å²) < 4.78 is 0. The Morgan fingerprint density at radius 1 is 0.588 bits per heavy atom. The lowest BCUT2D eigenvalue weighted by molar-refractivity contribution is -0.144. The Morgan fingerprint density at radius 3 is 1.63 bits per heavy atom. The molecular formula is C42H57N5O4. The average Bonchev–Trinajstić information content (AvgIpc) is 3.11. The van der Waals surface area contributed by atoms with Crippen LogP contribution in [0.4, 0.5) is 0 Å². The Hall–Kier alpha value is -4.18. The summed E-state index contributed by atoms with van der Waals surface area (Å²) in [7, 11) is 0. The van der Waals surface area contributed by atoms with E-state index in [1.807, 2.05) is 97.6 Å². The molecule has 3 aromatic carbocycles. The summed E-state index contributed by atoms with van der Waals surface area (Å²) >= 11 is 0. The van der Waals surface area contributed by atoms with E-state index in [2.05, 4.69) is 30.9 Å². The molecule has 51 heavy (non-hydrogen) atoms. The SMILES string of the molecule is CC1(C)CCCCC(=O)CN(Cc2ccccc2)C(=O)CN(Cc2ccccc2)C(C)(C)C(=O)CN(CCCN)C(=O)CN1Cc1ccccc1. The molecule has 1 aliphatic heterocycles. The van der Waals surface area contributed by atoms with Crippen molar-refractivity contribution in [1.82, 2.24) is 19.6 Å². The topological polar surface area (TPSA) is 107 Å². The van der Waals surface area contributed by atoms with Gasteiger partial charge in [-0.2, -0.15) is 0 Å². The zero-order valence-corrected chi connectivity index (χ0v) is 31.1. The summed E-state index contributed by atoms with van der Waals surface area (Å²) in [6, 6.07) is 29.5. The highest BCUT2D eigenvalue weighted by atomic mass is 16.2. The molecule has 9 nitrogen and oxygen atoms in total. The predicted molar refractivity (Wildman–Crippen MR) is 202 cm³/mol. The molecule has 0 aromatic heterocycles. The van der Waals surface area contributed by atoms with E-state index in [0.29, 0.717) is 52.0 Å². The molecule has 274 valence electrons. The molecule has 1 aliphatic rings. The standard InChI is InChI=1S/C42H57N5O4/c1-41(2)24-15-14-23-37(48)30-45(27-34-17-8-5-9-18-34)40(51)33-47(29-36-21-12-7-13-22-36)42(3,4)38(49)31-44(26-16-25-43)39(50)32-46(41)28-35-19-10-6-11-20-35/h5-13,17-22H,14-16,23-33,43H2,1-4H3. The number of amides is 2. The normalized spacial score (nSPS) is 19.2. The monoisotopic (exact) mass is 695 g/mol. The van der Waals surface area contributed by atoms with Crippen LogP contribution in [0.25, 0.3) is 0 Å². The first-order valence-electron chi connectivity index (χ1n) is 18.3. The number of Topliss-reactive ketones (excluding diaryl/α,β-unsaturated/α-hetero) is 2. The summed E-state index contributed by atoms with van der Waals surface area (Å²) in [5, 5.41) is 0. The Bertz CT molecular complexity index is 1560. The van der Waals surface area contributed by atoms with Gasteiger partial charge in [-0.3, -0.25) is 29.0 Å². The van der Waals surface area contributed by atoms with Crippen molar-refractivity contribution in [3.63, 3.8) is 0 Å². The maximum absolute atomic E-state index is 14.4. The molecule has 2 amide bonds. The molecule has 2 N–H and O–H groups in total. The van der Waals surface area contributed by atoms with Crippen LogP contribution < -0.4 is 5.73 Å². The van der Waals surface area contributed by atoms with E-state index < -0.39 is 5.54 Å². The van der Waals surface area contributed by atoms with E-state index in [9.17, 15) is 19.2 Å². The molecule has 0 atom stereocenters. The highest BCUT2D eigenvalue weighted by Crippen LogP contribution is 2.26. The minimum Gasteiger partial charge on any atom is -0.334 e. The second kappa shape index (κ2) is 18.9. The molecule has 0 unspecified atom stereocenters. The Morgan fingerprint density at radius 2 is 1.08 bits per heavy atom. The van der Waals surface area contributed by atoms with Crippen LogP contribution in [-0.4, -0.2) is 93.3 Å². The molecule has 1 heterocycles. The number of nitrogens with zero attached hydrogens (tertiary/aromatic N) is 4. The Balaban J connectivity index is 1.71. The third-order valence-electron chi connectivity index (χ3n) is 10.2. The van der Waals surface area contributed by atoms with E-state index in [-0.39, 0.29) is 55.1 Å². The van der Waals surface area contributed by atoms with E-state index in [4.69, 9.17) is 5.73 Å². The van der Waals surface area contributed by atoms with Crippen molar-refractivity contribution in [2.45, 2.75) is 90.5 Å². The molecule has 9 heteroatoms. The van der Waals surface area contributed by atoms with Crippen LogP contribution in [0.1, 0.15) is 76.5 Å². The summed E-state index contributed by atoms with van der Waals surface area (Å²) in [6.45, 7) is 9.88. The first kappa shape index (κ1) is 39.6. The maximum Gasteiger partial charge on any atom is 0.237 e. The van der Waals surface area contributed by atoms with Gasteiger partial charge < -0.3 is 15.5 Å². The zero-order chi connectivity index (χ0) is 36.9. The van der Waals surface area contributed by atoms with Crippen molar-refractivity contribution in [3.8, 4) is 0 Å². The lowest BCUT2D eigenvalue weighted by Gasteiger charge is -2.41. The van der Waals surface area contributed by atoms with Gasteiger partial charge in [0.15, 0.2) is 11.6 Å². The largest absolute Gasteiger partial charge is 0.334 e. The molecule has 0 spiro atoms. The number of rotatable bonds is 9. The van der Waals surface area contributed by atoms with Crippen LogP contribution >= 0.6 is 0 Å². The van der Waals surface area contributed by atoms with Gasteiger partial charge in [0.05, 0.1) is 31.7 Å². The molecule has 0 radical (unpaired) electrons. The number of ketones is 2. The van der Waals surface area contributed by atoms with Crippen LogP contribution in [0.5, 0.6) is 0 Å². The van der Waals surface area contributed by atoms with Gasteiger partial charge in [0.25, 0.3) is 0 Å². The lowest BCUT2D eigenvalue weighted by Crippen LogP contribution is -2.57. The van der Waals surface area contributed by atoms with Crippen LogP contribution in [0.3, 0.4) is 0 Å². The second-order valence-corrected chi connectivity index (χ2v) is 14.9. The number of hydrogen-bond donors (Lipinski definition) is 1. The molecule has 3 aromatic rings. The third-order valence-corrected chi connectivity index (χ3v) is 10.2. The van der Waals surface area contributed by atoms with Gasteiger partial charge >= 0.3 is 0 Å². The molecule has 0 saturated carbocycles. The fourth-order valence-corrected chi connectivity index (χ4v) is 6.55. The first-order chi connectivity index (χ1) is 24.4. The van der Waals surface area contributed by atoms with Gasteiger partial charge in [0.1, 0.15) is 0 Å². The van der Waals surface area contributed by atoms with Crippen LogP contribution in [0, 0.1) is 0 Å². The minimum atomic E-state index is -1.12. The summed E-state index contributed by atoms with van der Waals surface area (Å²) in [6.07, 6.45) is 3.18. The van der Waals surface area contributed by atoms with Gasteiger partial charge in [-0.25, -0.2) is 0 Å². The quantitative estimate of drug-likeness (QED) is 0.317. The summed E-state index contributed by atoms with van der Waals surface area (Å²) in [5.74, 6) is -0.515.